The van der Waals surface area contributed by atoms with E-state index < -0.39 is 17.5 Å². The maximum atomic E-state index is 14.0. The minimum atomic E-state index is -1.54. The van der Waals surface area contributed by atoms with Crippen molar-refractivity contribution >= 4 is 17.5 Å². The van der Waals surface area contributed by atoms with Gasteiger partial charge in [-0.05, 0) is 38.4 Å². The molecule has 0 atom stereocenters. The molecular weight excluding hydrogens is 369 g/mol. The van der Waals surface area contributed by atoms with Gasteiger partial charge in [0.1, 0.15) is 5.82 Å². The fourth-order valence-corrected chi connectivity index (χ4v) is 2.41. The third-order valence-electron chi connectivity index (χ3n) is 3.84. The minimum absolute atomic E-state index is 0.225. The molecule has 0 aliphatic rings. The Morgan fingerprint density at radius 3 is 2.43 bits per heavy atom. The molecule has 6 nitrogen and oxygen atoms in total. The van der Waals surface area contributed by atoms with Gasteiger partial charge in [-0.1, -0.05) is 0 Å². The number of aromatic nitrogens is 3. The fraction of sp³-hybridized carbons (Fsp3) is 0.211. The quantitative estimate of drug-likeness (QED) is 0.602. The monoisotopic (exact) mass is 388 g/mol. The van der Waals surface area contributed by atoms with Crippen molar-refractivity contribution in [2.45, 2.75) is 0 Å². The number of benzene rings is 1. The molecule has 1 aromatic carbocycles. The van der Waals surface area contributed by atoms with E-state index in [2.05, 4.69) is 25.6 Å². The van der Waals surface area contributed by atoms with E-state index in [0.717, 1.165) is 24.2 Å². The van der Waals surface area contributed by atoms with E-state index >= 15 is 0 Å². The molecule has 0 unspecified atom stereocenters. The van der Waals surface area contributed by atoms with Crippen LogP contribution in [0.5, 0.6) is 0 Å². The summed E-state index contributed by atoms with van der Waals surface area (Å²) in [6.07, 6.45) is 3.25. The highest BCUT2D eigenvalue weighted by Gasteiger charge is 2.15. The average Bonchev–Trinajstić information content (AvgIpc) is 2.69. The summed E-state index contributed by atoms with van der Waals surface area (Å²) in [6, 6.07) is 7.10. The Labute approximate surface area is 160 Å². The number of anilines is 3. The Balaban J connectivity index is 1.94. The van der Waals surface area contributed by atoms with Gasteiger partial charge in [-0.3, -0.25) is 4.98 Å². The zero-order valence-corrected chi connectivity index (χ0v) is 15.4. The van der Waals surface area contributed by atoms with Crippen LogP contribution < -0.4 is 10.6 Å². The Bertz CT molecular complexity index is 950. The van der Waals surface area contributed by atoms with Crippen LogP contribution in [0.4, 0.5) is 30.6 Å². The molecule has 0 fully saturated rings. The van der Waals surface area contributed by atoms with Crippen LogP contribution in [0.1, 0.15) is 0 Å². The van der Waals surface area contributed by atoms with Crippen molar-refractivity contribution in [2.24, 2.45) is 0 Å². The van der Waals surface area contributed by atoms with Crippen molar-refractivity contribution in [3.63, 3.8) is 0 Å². The summed E-state index contributed by atoms with van der Waals surface area (Å²) >= 11 is 0. The smallest absolute Gasteiger partial charge is 0.225 e. The largest absolute Gasteiger partial charge is 0.353 e. The molecule has 0 amide bonds. The van der Waals surface area contributed by atoms with Crippen molar-refractivity contribution in [1.82, 2.24) is 19.9 Å². The molecule has 0 spiro atoms. The Morgan fingerprint density at radius 2 is 1.71 bits per heavy atom. The molecule has 0 saturated carbocycles. The third kappa shape index (κ3) is 4.74. The molecule has 3 aromatic rings. The number of hydrogen-bond donors (Lipinski definition) is 2. The van der Waals surface area contributed by atoms with Gasteiger partial charge in [-0.2, -0.15) is 4.98 Å². The van der Waals surface area contributed by atoms with Gasteiger partial charge in [0.25, 0.3) is 0 Å². The highest BCUT2D eigenvalue weighted by molar-refractivity contribution is 5.67. The maximum Gasteiger partial charge on any atom is 0.225 e. The van der Waals surface area contributed by atoms with Crippen molar-refractivity contribution in [3.8, 4) is 11.3 Å². The van der Waals surface area contributed by atoms with Crippen LogP contribution >= 0.6 is 0 Å². The summed E-state index contributed by atoms with van der Waals surface area (Å²) in [4.78, 5) is 14.7. The SMILES string of the molecule is CN(C)CCNc1nc(Nc2ccc(F)c(F)c2F)cc(-c2ccncc2)n1. The number of pyridine rings is 1. The molecule has 9 heteroatoms. The topological polar surface area (TPSA) is 66.0 Å². The zero-order chi connectivity index (χ0) is 20.1. The molecule has 3 rings (SSSR count). The van der Waals surface area contributed by atoms with E-state index in [1.807, 2.05) is 19.0 Å². The highest BCUT2D eigenvalue weighted by atomic mass is 19.2. The van der Waals surface area contributed by atoms with Crippen LogP contribution in [0.2, 0.25) is 0 Å². The Kier molecular flexibility index (Phi) is 6.05. The molecule has 2 heterocycles. The summed E-state index contributed by atoms with van der Waals surface area (Å²) in [5.41, 5.74) is 1.12. The molecule has 28 heavy (non-hydrogen) atoms. The maximum absolute atomic E-state index is 14.0. The third-order valence-corrected chi connectivity index (χ3v) is 3.84. The second-order valence-electron chi connectivity index (χ2n) is 6.28. The van der Waals surface area contributed by atoms with Gasteiger partial charge in [0.05, 0.1) is 11.4 Å². The van der Waals surface area contributed by atoms with Gasteiger partial charge in [0.2, 0.25) is 5.95 Å². The zero-order valence-electron chi connectivity index (χ0n) is 15.4. The summed E-state index contributed by atoms with van der Waals surface area (Å²) < 4.78 is 40.7. The van der Waals surface area contributed by atoms with Crippen LogP contribution in [-0.2, 0) is 0 Å². The summed E-state index contributed by atoms with van der Waals surface area (Å²) in [6.45, 7) is 1.34. The standard InChI is InChI=1S/C19H19F3N6/c1-28(2)10-9-24-19-26-15(12-5-7-23-8-6-12)11-16(27-19)25-14-4-3-13(20)17(21)18(14)22/h3-8,11H,9-10H2,1-2H3,(H2,24,25,26,27). The minimum Gasteiger partial charge on any atom is -0.353 e. The molecule has 0 radical (unpaired) electrons. The molecule has 0 saturated heterocycles. The average molecular weight is 388 g/mol. The second kappa shape index (κ2) is 8.66. The molecule has 146 valence electrons. The number of nitrogens with one attached hydrogen (secondary N) is 2. The van der Waals surface area contributed by atoms with Gasteiger partial charge < -0.3 is 15.5 Å². The lowest BCUT2D eigenvalue weighted by molar-refractivity contribution is 0.425. The lowest BCUT2D eigenvalue weighted by Gasteiger charge is -2.13. The van der Waals surface area contributed by atoms with Gasteiger partial charge in [0, 0.05) is 37.1 Å². The van der Waals surface area contributed by atoms with Crippen LogP contribution in [0.3, 0.4) is 0 Å². The predicted molar refractivity (Wildman–Crippen MR) is 102 cm³/mol. The number of nitrogens with zero attached hydrogens (tertiary/aromatic N) is 4. The van der Waals surface area contributed by atoms with Crippen molar-refractivity contribution in [1.29, 1.82) is 0 Å². The summed E-state index contributed by atoms with van der Waals surface area (Å²) in [7, 11) is 3.88. The lowest BCUT2D eigenvalue weighted by atomic mass is 10.2. The van der Waals surface area contributed by atoms with E-state index in [9.17, 15) is 13.2 Å². The summed E-state index contributed by atoms with van der Waals surface area (Å²) in [5, 5.41) is 5.79. The van der Waals surface area contributed by atoms with Crippen molar-refractivity contribution in [3.05, 3.63) is 60.2 Å². The first kappa shape index (κ1) is 19.6. The van der Waals surface area contributed by atoms with E-state index in [0.29, 0.717) is 18.2 Å². The second-order valence-corrected chi connectivity index (χ2v) is 6.28. The van der Waals surface area contributed by atoms with Crippen LogP contribution in [0, 0.1) is 17.5 Å². The first-order valence-electron chi connectivity index (χ1n) is 8.52. The lowest BCUT2D eigenvalue weighted by Crippen LogP contribution is -2.21. The van der Waals surface area contributed by atoms with Crippen molar-refractivity contribution < 1.29 is 13.2 Å². The van der Waals surface area contributed by atoms with Crippen LogP contribution in [-0.4, -0.2) is 47.0 Å². The first-order valence-corrected chi connectivity index (χ1v) is 8.52. The fourth-order valence-electron chi connectivity index (χ4n) is 2.41. The van der Waals surface area contributed by atoms with E-state index in [1.165, 1.54) is 0 Å². The molecule has 2 aromatic heterocycles. The first-order chi connectivity index (χ1) is 13.4. The van der Waals surface area contributed by atoms with Crippen LogP contribution in [0.15, 0.2) is 42.7 Å². The summed E-state index contributed by atoms with van der Waals surface area (Å²) in [5.74, 6) is -3.56. The van der Waals surface area contributed by atoms with Gasteiger partial charge in [-0.25, -0.2) is 18.2 Å². The molecule has 0 aliphatic carbocycles. The van der Waals surface area contributed by atoms with Gasteiger partial charge in [-0.15, -0.1) is 0 Å². The highest BCUT2D eigenvalue weighted by Crippen LogP contribution is 2.26. The molecule has 0 bridgehead atoms. The number of likely N-dealkylation sites (N-methyl/N-ethyl adjacent to an activating group) is 1. The molecular formula is C19H19F3N6. The number of rotatable bonds is 7. The van der Waals surface area contributed by atoms with Crippen molar-refractivity contribution in [2.75, 3.05) is 37.8 Å². The number of hydrogen-bond acceptors (Lipinski definition) is 6. The van der Waals surface area contributed by atoms with Gasteiger partial charge >= 0.3 is 0 Å². The van der Waals surface area contributed by atoms with E-state index in [4.69, 9.17) is 0 Å². The van der Waals surface area contributed by atoms with E-state index in [-0.39, 0.29) is 11.5 Å². The Hall–Kier alpha value is -3.20. The molecule has 0 aliphatic heterocycles. The molecule has 2 N–H and O–H groups in total. The Morgan fingerprint density at radius 1 is 0.964 bits per heavy atom. The van der Waals surface area contributed by atoms with E-state index in [1.54, 1.807) is 30.6 Å². The van der Waals surface area contributed by atoms with Gasteiger partial charge in [0.15, 0.2) is 17.5 Å². The predicted octanol–water partition coefficient (Wildman–Crippen LogP) is 3.67. The normalized spacial score (nSPS) is 10.9. The van der Waals surface area contributed by atoms with Crippen LogP contribution in [0.25, 0.3) is 11.3 Å². The number of halogens is 3.